The van der Waals surface area contributed by atoms with Gasteiger partial charge in [-0.15, -0.1) is 20.4 Å². The molecule has 0 unspecified atom stereocenters. The molecule has 0 aromatic carbocycles. The Morgan fingerprint density at radius 3 is 2.00 bits per heavy atom. The summed E-state index contributed by atoms with van der Waals surface area (Å²) < 4.78 is 0.497. The van der Waals surface area contributed by atoms with Gasteiger partial charge in [0.15, 0.2) is 0 Å². The SMILES string of the molecule is Nc1nnc(I)nn1. The average Bonchev–Trinajstić information content (AvgIpc) is 1.77. The van der Waals surface area contributed by atoms with Crippen molar-refractivity contribution in [3.05, 3.63) is 3.83 Å². The van der Waals surface area contributed by atoms with Gasteiger partial charge >= 0.3 is 0 Å². The minimum absolute atomic E-state index is 0.102. The van der Waals surface area contributed by atoms with Crippen molar-refractivity contribution in [3.8, 4) is 0 Å². The fraction of sp³-hybridized carbons (Fsp3) is 0. The van der Waals surface area contributed by atoms with Crippen LogP contribution < -0.4 is 5.73 Å². The van der Waals surface area contributed by atoms with E-state index in [1.165, 1.54) is 0 Å². The lowest BCUT2D eigenvalue weighted by atomic mass is 11.1. The number of aromatic nitrogens is 4. The molecule has 6 heteroatoms. The maximum atomic E-state index is 5.08. The van der Waals surface area contributed by atoms with E-state index in [4.69, 9.17) is 5.73 Å². The van der Waals surface area contributed by atoms with Crippen molar-refractivity contribution in [1.29, 1.82) is 0 Å². The Labute approximate surface area is 58.8 Å². The van der Waals surface area contributed by atoms with Gasteiger partial charge in [0.25, 0.3) is 5.95 Å². The van der Waals surface area contributed by atoms with E-state index in [2.05, 4.69) is 20.4 Å². The monoisotopic (exact) mass is 223 g/mol. The van der Waals surface area contributed by atoms with Crippen LogP contribution in [0.1, 0.15) is 0 Å². The molecule has 1 aromatic rings. The molecule has 0 atom stereocenters. The number of rotatable bonds is 0. The molecule has 42 valence electrons. The molecule has 0 radical (unpaired) electrons. The first kappa shape index (κ1) is 5.60. The maximum Gasteiger partial charge on any atom is 0.259 e. The van der Waals surface area contributed by atoms with Crippen LogP contribution in [-0.2, 0) is 0 Å². The molecular formula is C2H2IN5. The molecule has 0 spiro atoms. The lowest BCUT2D eigenvalue weighted by molar-refractivity contribution is 0.836. The molecule has 1 heterocycles. The normalized spacial score (nSPS) is 9.12. The second-order valence-corrected chi connectivity index (χ2v) is 1.99. The van der Waals surface area contributed by atoms with Crippen molar-refractivity contribution < 1.29 is 0 Å². The highest BCUT2D eigenvalue weighted by molar-refractivity contribution is 14.1. The highest BCUT2D eigenvalue weighted by Crippen LogP contribution is 1.89. The van der Waals surface area contributed by atoms with E-state index in [1.807, 2.05) is 22.6 Å². The van der Waals surface area contributed by atoms with E-state index in [0.29, 0.717) is 3.83 Å². The van der Waals surface area contributed by atoms with Crippen LogP contribution in [0.15, 0.2) is 0 Å². The lowest BCUT2D eigenvalue weighted by Gasteiger charge is -1.84. The van der Waals surface area contributed by atoms with Gasteiger partial charge in [-0.2, -0.15) is 0 Å². The van der Waals surface area contributed by atoms with Gasteiger partial charge in [-0.05, 0) is 0 Å². The van der Waals surface area contributed by atoms with E-state index in [9.17, 15) is 0 Å². The van der Waals surface area contributed by atoms with Crippen LogP contribution in [0.3, 0.4) is 0 Å². The summed E-state index contributed by atoms with van der Waals surface area (Å²) in [7, 11) is 0. The molecule has 0 amide bonds. The number of halogens is 1. The third-order valence-electron chi connectivity index (χ3n) is 0.470. The Kier molecular flexibility index (Phi) is 1.51. The predicted molar refractivity (Wildman–Crippen MR) is 34.8 cm³/mol. The van der Waals surface area contributed by atoms with Crippen molar-refractivity contribution >= 4 is 28.5 Å². The molecule has 1 aromatic heterocycles. The van der Waals surface area contributed by atoms with Crippen LogP contribution in [0, 0.1) is 3.83 Å². The molecule has 0 aliphatic heterocycles. The summed E-state index contributed by atoms with van der Waals surface area (Å²) in [5.41, 5.74) is 5.08. The first-order valence-electron chi connectivity index (χ1n) is 1.77. The summed E-state index contributed by atoms with van der Waals surface area (Å²) in [6.45, 7) is 0. The van der Waals surface area contributed by atoms with Crippen molar-refractivity contribution in [3.63, 3.8) is 0 Å². The van der Waals surface area contributed by atoms with Gasteiger partial charge in [0.2, 0.25) is 3.83 Å². The molecule has 8 heavy (non-hydrogen) atoms. The number of anilines is 1. The first-order chi connectivity index (χ1) is 3.79. The van der Waals surface area contributed by atoms with Gasteiger partial charge in [-0.3, -0.25) is 0 Å². The Balaban J connectivity index is 3.03. The quantitative estimate of drug-likeness (QED) is 0.597. The minimum atomic E-state index is 0.102. The zero-order chi connectivity index (χ0) is 5.98. The van der Waals surface area contributed by atoms with Crippen molar-refractivity contribution in [2.24, 2.45) is 0 Å². The summed E-state index contributed by atoms with van der Waals surface area (Å²) >= 11 is 1.89. The van der Waals surface area contributed by atoms with E-state index in [-0.39, 0.29) is 5.95 Å². The molecule has 0 bridgehead atoms. The lowest BCUT2D eigenvalue weighted by Crippen LogP contribution is -2.00. The average molecular weight is 223 g/mol. The first-order valence-corrected chi connectivity index (χ1v) is 2.85. The fourth-order valence-electron chi connectivity index (χ4n) is 0.225. The van der Waals surface area contributed by atoms with Gasteiger partial charge in [0.1, 0.15) is 0 Å². The number of nitrogen functional groups attached to an aromatic ring is 1. The van der Waals surface area contributed by atoms with Gasteiger partial charge in [0.05, 0.1) is 0 Å². The topological polar surface area (TPSA) is 77.6 Å². The standard InChI is InChI=1S/C2H2IN5/c3-1-5-7-2(4)8-6-1/h(H2,4,7,8). The van der Waals surface area contributed by atoms with Gasteiger partial charge < -0.3 is 5.73 Å². The number of hydrogen-bond acceptors (Lipinski definition) is 5. The maximum absolute atomic E-state index is 5.08. The second kappa shape index (κ2) is 2.16. The summed E-state index contributed by atoms with van der Waals surface area (Å²) in [4.78, 5) is 0. The molecule has 0 aliphatic rings. The van der Waals surface area contributed by atoms with E-state index in [1.54, 1.807) is 0 Å². The molecule has 5 nitrogen and oxygen atoms in total. The Hall–Kier alpha value is -0.530. The van der Waals surface area contributed by atoms with Gasteiger partial charge in [-0.25, -0.2) is 0 Å². The van der Waals surface area contributed by atoms with E-state index >= 15 is 0 Å². The fourth-order valence-corrected chi connectivity index (χ4v) is 0.441. The molecule has 1 rings (SSSR count). The third-order valence-corrected chi connectivity index (χ3v) is 0.901. The Morgan fingerprint density at radius 2 is 1.62 bits per heavy atom. The molecule has 0 aliphatic carbocycles. The Bertz CT molecular complexity index is 149. The molecule has 0 saturated carbocycles. The third kappa shape index (κ3) is 1.22. The van der Waals surface area contributed by atoms with Crippen molar-refractivity contribution in [2.75, 3.05) is 5.73 Å². The minimum Gasteiger partial charge on any atom is -0.365 e. The van der Waals surface area contributed by atoms with Gasteiger partial charge in [-0.1, -0.05) is 0 Å². The van der Waals surface area contributed by atoms with Crippen molar-refractivity contribution in [1.82, 2.24) is 20.4 Å². The van der Waals surface area contributed by atoms with E-state index in [0.717, 1.165) is 0 Å². The van der Waals surface area contributed by atoms with Crippen LogP contribution in [-0.4, -0.2) is 20.4 Å². The van der Waals surface area contributed by atoms with Crippen LogP contribution in [0.25, 0.3) is 0 Å². The van der Waals surface area contributed by atoms with Crippen molar-refractivity contribution in [2.45, 2.75) is 0 Å². The summed E-state index contributed by atoms with van der Waals surface area (Å²) in [6, 6.07) is 0. The molecule has 0 saturated heterocycles. The highest BCUT2D eigenvalue weighted by atomic mass is 127. The zero-order valence-electron chi connectivity index (χ0n) is 3.74. The zero-order valence-corrected chi connectivity index (χ0v) is 5.90. The molecule has 2 N–H and O–H groups in total. The summed E-state index contributed by atoms with van der Waals surface area (Å²) in [5.74, 6) is 0.102. The number of nitrogens with two attached hydrogens (primary N) is 1. The smallest absolute Gasteiger partial charge is 0.259 e. The number of hydrogen-bond donors (Lipinski definition) is 1. The molecule has 0 fully saturated rings. The van der Waals surface area contributed by atoms with Crippen LogP contribution in [0.4, 0.5) is 5.95 Å². The van der Waals surface area contributed by atoms with Crippen LogP contribution in [0.5, 0.6) is 0 Å². The highest BCUT2D eigenvalue weighted by Gasteiger charge is 1.88. The van der Waals surface area contributed by atoms with Crippen LogP contribution in [0.2, 0.25) is 0 Å². The largest absolute Gasteiger partial charge is 0.365 e. The predicted octanol–water partition coefficient (Wildman–Crippen LogP) is -0.547. The van der Waals surface area contributed by atoms with Gasteiger partial charge in [0, 0.05) is 22.6 Å². The molecular weight excluding hydrogens is 221 g/mol. The summed E-state index contributed by atoms with van der Waals surface area (Å²) in [6.07, 6.45) is 0. The van der Waals surface area contributed by atoms with E-state index < -0.39 is 0 Å². The summed E-state index contributed by atoms with van der Waals surface area (Å²) in [5, 5.41) is 13.9. The van der Waals surface area contributed by atoms with Crippen LogP contribution >= 0.6 is 22.6 Å². The number of nitrogens with zero attached hydrogens (tertiary/aromatic N) is 4. The Morgan fingerprint density at radius 1 is 1.12 bits per heavy atom. The second-order valence-electron chi connectivity index (χ2n) is 1.03.